The highest BCUT2D eigenvalue weighted by molar-refractivity contribution is 5.96. The van der Waals surface area contributed by atoms with Crippen LogP contribution in [0, 0.1) is 5.82 Å². The second-order valence-corrected chi connectivity index (χ2v) is 10.5. The number of nitrogens with zero attached hydrogens (tertiary/aromatic N) is 3. The van der Waals surface area contributed by atoms with Gasteiger partial charge in [-0.25, -0.2) is 14.0 Å². The van der Waals surface area contributed by atoms with Crippen LogP contribution in [0.25, 0.3) is 11.1 Å². The number of para-hydroxylation sites is 1. The molecule has 1 aromatic heterocycles. The summed E-state index contributed by atoms with van der Waals surface area (Å²) in [7, 11) is 0. The van der Waals surface area contributed by atoms with Gasteiger partial charge in [-0.05, 0) is 41.5 Å². The lowest BCUT2D eigenvalue weighted by Crippen LogP contribution is -2.46. The molecule has 0 fully saturated rings. The first-order valence-corrected chi connectivity index (χ1v) is 14.4. The maximum absolute atomic E-state index is 14.0. The standard InChI is InChI=1S/C32H26F4N4O2.C2HF3O2/c33-24-15-13-22(14-16-24)20-40-29(26-9-1-3-10-27(26)32(34,35)36)12-6-18-39(21-30(40)41)31(42)38-28-11-4-2-8-25(28)23-7-5-17-37-19-23;3-2(4,5)1(6)7/h1-17,19,29H,18,20-21H2,(H,38,42);(H,6,7)/b12-6-;/t29-;/m1./s1. The van der Waals surface area contributed by atoms with Gasteiger partial charge in [0.25, 0.3) is 0 Å². The van der Waals surface area contributed by atoms with Gasteiger partial charge in [0.2, 0.25) is 5.91 Å². The smallest absolute Gasteiger partial charge is 0.475 e. The fourth-order valence-electron chi connectivity index (χ4n) is 4.87. The number of aliphatic carboxylic acids is 1. The van der Waals surface area contributed by atoms with Gasteiger partial charge in [-0.1, -0.05) is 66.7 Å². The highest BCUT2D eigenvalue weighted by Gasteiger charge is 2.39. The van der Waals surface area contributed by atoms with Gasteiger partial charge in [-0.2, -0.15) is 26.3 Å². The van der Waals surface area contributed by atoms with Crippen LogP contribution in [-0.2, 0) is 22.3 Å². The topological polar surface area (TPSA) is 103 Å². The van der Waals surface area contributed by atoms with Crippen molar-refractivity contribution in [2.75, 3.05) is 18.4 Å². The summed E-state index contributed by atoms with van der Waals surface area (Å²) in [4.78, 5) is 42.7. The number of benzene rings is 3. The number of amides is 3. The Morgan fingerprint density at radius 1 is 0.898 bits per heavy atom. The van der Waals surface area contributed by atoms with Crippen molar-refractivity contribution in [2.45, 2.75) is 24.9 Å². The van der Waals surface area contributed by atoms with Crippen LogP contribution in [0.3, 0.4) is 0 Å². The first kappa shape index (κ1) is 36.1. The Hall–Kier alpha value is -5.73. The second kappa shape index (κ2) is 15.4. The summed E-state index contributed by atoms with van der Waals surface area (Å²) in [5.41, 5.74) is 1.59. The number of alkyl halides is 6. The van der Waals surface area contributed by atoms with E-state index < -0.39 is 54.2 Å². The molecule has 0 aliphatic carbocycles. The number of nitrogens with one attached hydrogen (secondary N) is 1. The van der Waals surface area contributed by atoms with E-state index in [4.69, 9.17) is 9.90 Å². The predicted molar refractivity (Wildman–Crippen MR) is 164 cm³/mol. The van der Waals surface area contributed by atoms with Gasteiger partial charge in [0.1, 0.15) is 12.4 Å². The number of rotatable bonds is 5. The quantitative estimate of drug-likeness (QED) is 0.165. The summed E-state index contributed by atoms with van der Waals surface area (Å²) in [6, 6.07) is 19.6. The van der Waals surface area contributed by atoms with Crippen LogP contribution in [0.2, 0.25) is 0 Å². The SMILES string of the molecule is O=C(Nc1ccccc1-c1cccnc1)N1C/C=C\[C@H](c2ccccc2C(F)(F)F)N(Cc2ccc(F)cc2)C(=O)C1.O=C(O)C(F)(F)F. The Balaban J connectivity index is 0.000000698. The van der Waals surface area contributed by atoms with Crippen LogP contribution < -0.4 is 5.32 Å². The van der Waals surface area contributed by atoms with Crippen LogP contribution in [0.5, 0.6) is 0 Å². The van der Waals surface area contributed by atoms with Crippen molar-refractivity contribution in [3.63, 3.8) is 0 Å². The molecule has 0 saturated heterocycles. The van der Waals surface area contributed by atoms with Crippen LogP contribution in [-0.4, -0.2) is 57.1 Å². The minimum Gasteiger partial charge on any atom is -0.475 e. The highest BCUT2D eigenvalue weighted by atomic mass is 19.4. The summed E-state index contributed by atoms with van der Waals surface area (Å²) in [5.74, 6) is -3.81. The lowest BCUT2D eigenvalue weighted by Gasteiger charge is -2.35. The van der Waals surface area contributed by atoms with Crippen LogP contribution in [0.15, 0.2) is 109 Å². The van der Waals surface area contributed by atoms with Gasteiger partial charge in [0.15, 0.2) is 0 Å². The number of aromatic nitrogens is 1. The Kier molecular flexibility index (Phi) is 11.4. The molecule has 1 aliphatic heterocycles. The molecule has 49 heavy (non-hydrogen) atoms. The maximum Gasteiger partial charge on any atom is 0.490 e. The van der Waals surface area contributed by atoms with Crippen LogP contribution >= 0.6 is 0 Å². The first-order chi connectivity index (χ1) is 23.1. The van der Waals surface area contributed by atoms with Gasteiger partial charge in [-0.15, -0.1) is 0 Å². The molecule has 256 valence electrons. The molecule has 0 radical (unpaired) electrons. The zero-order valence-electron chi connectivity index (χ0n) is 25.3. The molecule has 1 aliphatic rings. The molecule has 8 nitrogen and oxygen atoms in total. The van der Waals surface area contributed by atoms with E-state index in [1.165, 1.54) is 58.3 Å². The summed E-state index contributed by atoms with van der Waals surface area (Å²) in [5, 5.41) is 9.98. The van der Waals surface area contributed by atoms with Gasteiger partial charge in [0, 0.05) is 36.6 Å². The molecule has 3 aromatic carbocycles. The number of carboxylic acids is 1. The molecule has 0 bridgehead atoms. The third-order valence-electron chi connectivity index (χ3n) is 7.15. The fraction of sp³-hybridized carbons (Fsp3) is 0.176. The third kappa shape index (κ3) is 9.65. The molecule has 0 unspecified atom stereocenters. The van der Waals surface area contributed by atoms with Gasteiger partial charge >= 0.3 is 24.4 Å². The Morgan fingerprint density at radius 2 is 1.55 bits per heavy atom. The lowest BCUT2D eigenvalue weighted by molar-refractivity contribution is -0.192. The number of hydrogen-bond donors (Lipinski definition) is 2. The van der Waals surface area contributed by atoms with E-state index >= 15 is 0 Å². The van der Waals surface area contributed by atoms with Gasteiger partial charge in [0.05, 0.1) is 17.3 Å². The minimum absolute atomic E-state index is 0.0122. The molecule has 0 saturated carbocycles. The average Bonchev–Trinajstić information content (AvgIpc) is 3.05. The number of carboxylic acid groups (broad SMARTS) is 1. The number of carbonyl (C=O) groups is 3. The third-order valence-corrected chi connectivity index (χ3v) is 7.15. The monoisotopic (exact) mass is 688 g/mol. The second-order valence-electron chi connectivity index (χ2n) is 10.5. The summed E-state index contributed by atoms with van der Waals surface area (Å²) in [6.07, 6.45) is -3.35. The molecular weight excluding hydrogens is 661 g/mol. The average molecular weight is 689 g/mol. The molecule has 2 heterocycles. The van der Waals surface area contributed by atoms with Gasteiger partial charge in [-0.3, -0.25) is 9.78 Å². The largest absolute Gasteiger partial charge is 0.490 e. The summed E-state index contributed by atoms with van der Waals surface area (Å²) >= 11 is 0. The molecule has 2 N–H and O–H groups in total. The van der Waals surface area contributed by atoms with E-state index in [0.29, 0.717) is 11.3 Å². The first-order valence-electron chi connectivity index (χ1n) is 14.4. The number of hydrogen-bond acceptors (Lipinski definition) is 4. The molecule has 0 spiro atoms. The van der Waals surface area contributed by atoms with Crippen LogP contribution in [0.1, 0.15) is 22.7 Å². The Bertz CT molecular complexity index is 1800. The normalized spacial score (nSPS) is 15.7. The van der Waals surface area contributed by atoms with Crippen molar-refractivity contribution in [3.8, 4) is 11.1 Å². The van der Waals surface area contributed by atoms with E-state index in [0.717, 1.165) is 17.2 Å². The Morgan fingerprint density at radius 3 is 2.18 bits per heavy atom. The van der Waals surface area contributed by atoms with E-state index in [2.05, 4.69) is 10.3 Å². The zero-order chi connectivity index (χ0) is 35.8. The molecule has 5 rings (SSSR count). The van der Waals surface area contributed by atoms with E-state index in [1.807, 2.05) is 18.2 Å². The summed E-state index contributed by atoms with van der Waals surface area (Å²) in [6.45, 7) is -0.502. The lowest BCUT2D eigenvalue weighted by atomic mass is 9.96. The highest BCUT2D eigenvalue weighted by Crippen LogP contribution is 2.38. The number of pyridine rings is 1. The Labute approximate surface area is 275 Å². The molecule has 4 aromatic rings. The zero-order valence-corrected chi connectivity index (χ0v) is 25.3. The molecule has 1 atom stereocenters. The van der Waals surface area contributed by atoms with Crippen molar-refractivity contribution < 1.29 is 50.2 Å². The van der Waals surface area contributed by atoms with Crippen LogP contribution in [0.4, 0.5) is 41.2 Å². The maximum atomic E-state index is 14.0. The van der Waals surface area contributed by atoms with Crippen molar-refractivity contribution in [3.05, 3.63) is 132 Å². The number of anilines is 1. The molecule has 3 amide bonds. The summed E-state index contributed by atoms with van der Waals surface area (Å²) < 4.78 is 87.2. The van der Waals surface area contributed by atoms with Crippen molar-refractivity contribution in [1.29, 1.82) is 0 Å². The molecule has 15 heteroatoms. The van der Waals surface area contributed by atoms with Gasteiger partial charge < -0.3 is 20.2 Å². The van der Waals surface area contributed by atoms with Crippen molar-refractivity contribution >= 4 is 23.6 Å². The van der Waals surface area contributed by atoms with Crippen molar-refractivity contribution in [1.82, 2.24) is 14.8 Å². The predicted octanol–water partition coefficient (Wildman–Crippen LogP) is 7.71. The van der Waals surface area contributed by atoms with E-state index in [1.54, 1.807) is 36.7 Å². The number of urea groups is 1. The van der Waals surface area contributed by atoms with E-state index in [9.17, 15) is 40.3 Å². The minimum atomic E-state index is -5.08. The number of halogens is 7. The van der Waals surface area contributed by atoms with Crippen molar-refractivity contribution in [2.24, 2.45) is 0 Å². The molecular formula is C34H27F7N4O4. The van der Waals surface area contributed by atoms with E-state index in [-0.39, 0.29) is 18.7 Å². The number of carbonyl (C=O) groups excluding carboxylic acids is 2. The fourth-order valence-corrected chi connectivity index (χ4v) is 4.87.